The van der Waals surface area contributed by atoms with Crippen molar-refractivity contribution in [3.63, 3.8) is 0 Å². The molecule has 0 bridgehead atoms. The zero-order valence-electron chi connectivity index (χ0n) is 17.0. The van der Waals surface area contributed by atoms with Crippen molar-refractivity contribution in [1.82, 2.24) is 10.1 Å². The summed E-state index contributed by atoms with van der Waals surface area (Å²) in [5.41, 5.74) is 1.08. The molecule has 0 saturated carbocycles. The summed E-state index contributed by atoms with van der Waals surface area (Å²) in [6.07, 6.45) is 2.84. The molecule has 28 heavy (non-hydrogen) atoms. The van der Waals surface area contributed by atoms with E-state index in [1.54, 1.807) is 0 Å². The van der Waals surface area contributed by atoms with Crippen LogP contribution in [0.3, 0.4) is 0 Å². The van der Waals surface area contributed by atoms with Gasteiger partial charge in [0.15, 0.2) is 5.58 Å². The van der Waals surface area contributed by atoms with Gasteiger partial charge in [-0.2, -0.15) is 0 Å². The highest BCUT2D eigenvalue weighted by Crippen LogP contribution is 2.42. The van der Waals surface area contributed by atoms with Gasteiger partial charge in [-0.05, 0) is 30.4 Å². The normalized spacial score (nSPS) is 25.4. The lowest BCUT2D eigenvalue weighted by atomic mass is 9.76. The van der Waals surface area contributed by atoms with Gasteiger partial charge in [-0.1, -0.05) is 38.1 Å². The minimum Gasteiger partial charge on any atom is -0.393 e. The van der Waals surface area contributed by atoms with Gasteiger partial charge in [-0.25, -0.2) is 0 Å². The highest BCUT2D eigenvalue weighted by molar-refractivity contribution is 5.86. The molecule has 152 valence electrons. The first-order valence-corrected chi connectivity index (χ1v) is 10.2. The Morgan fingerprint density at radius 2 is 2.00 bits per heavy atom. The van der Waals surface area contributed by atoms with Gasteiger partial charge < -0.3 is 19.3 Å². The number of carbonyl (C=O) groups is 1. The molecule has 2 aliphatic heterocycles. The van der Waals surface area contributed by atoms with Crippen LogP contribution in [0.15, 0.2) is 28.8 Å². The molecule has 1 aromatic carbocycles. The molecule has 3 heterocycles. The monoisotopic (exact) mass is 386 g/mol. The summed E-state index contributed by atoms with van der Waals surface area (Å²) in [6.45, 7) is 7.77. The van der Waals surface area contributed by atoms with Gasteiger partial charge >= 0.3 is 0 Å². The van der Waals surface area contributed by atoms with Crippen LogP contribution in [0, 0.1) is 5.41 Å². The maximum Gasteiger partial charge on any atom is 0.228 e. The van der Waals surface area contributed by atoms with Crippen molar-refractivity contribution < 1.29 is 19.2 Å². The molecule has 2 atom stereocenters. The van der Waals surface area contributed by atoms with Gasteiger partial charge in [-0.15, -0.1) is 0 Å². The lowest BCUT2D eigenvalue weighted by Crippen LogP contribution is -2.56. The molecule has 0 radical (unpaired) electrons. The van der Waals surface area contributed by atoms with Crippen molar-refractivity contribution in [2.24, 2.45) is 5.41 Å². The molecule has 1 N–H and O–H groups in total. The van der Waals surface area contributed by atoms with Crippen molar-refractivity contribution in [2.45, 2.75) is 70.7 Å². The maximum absolute atomic E-state index is 12.8. The van der Waals surface area contributed by atoms with Crippen molar-refractivity contribution >= 4 is 16.9 Å². The first kappa shape index (κ1) is 19.4. The third-order valence-electron chi connectivity index (χ3n) is 6.25. The Hall–Kier alpha value is -1.92. The van der Waals surface area contributed by atoms with E-state index >= 15 is 0 Å². The first-order chi connectivity index (χ1) is 13.3. The highest BCUT2D eigenvalue weighted by atomic mass is 16.5. The number of amides is 1. The fraction of sp³-hybridized carbons (Fsp3) is 0.636. The maximum atomic E-state index is 12.8. The molecule has 6 nitrogen and oxygen atoms in total. The van der Waals surface area contributed by atoms with Crippen LogP contribution >= 0.6 is 0 Å². The molecule has 0 aliphatic carbocycles. The van der Waals surface area contributed by atoms with E-state index < -0.39 is 0 Å². The number of aliphatic hydroxyl groups is 1. The van der Waals surface area contributed by atoms with E-state index in [-0.39, 0.29) is 35.6 Å². The number of para-hydroxylation sites is 1. The van der Waals surface area contributed by atoms with Crippen molar-refractivity contribution in [2.75, 3.05) is 13.1 Å². The highest BCUT2D eigenvalue weighted by Gasteiger charge is 2.46. The van der Waals surface area contributed by atoms with E-state index in [4.69, 9.17) is 9.26 Å². The number of carbonyl (C=O) groups excluding carboxylic acids is 1. The van der Waals surface area contributed by atoms with E-state index in [0.717, 1.165) is 18.2 Å². The van der Waals surface area contributed by atoms with Crippen LogP contribution in [0.4, 0.5) is 0 Å². The number of fused-ring (bicyclic) bond motifs is 1. The van der Waals surface area contributed by atoms with E-state index in [0.29, 0.717) is 37.2 Å². The van der Waals surface area contributed by atoms with Crippen molar-refractivity contribution in [1.29, 1.82) is 0 Å². The van der Waals surface area contributed by atoms with E-state index in [9.17, 15) is 9.90 Å². The summed E-state index contributed by atoms with van der Waals surface area (Å²) in [5, 5.41) is 15.4. The number of likely N-dealkylation sites (tertiary alicyclic amines) is 1. The van der Waals surface area contributed by atoms with Gasteiger partial charge in [0.05, 0.1) is 24.2 Å². The Labute approximate surface area is 165 Å². The number of benzene rings is 1. The Kier molecular flexibility index (Phi) is 4.96. The van der Waals surface area contributed by atoms with Crippen LogP contribution < -0.4 is 0 Å². The largest absolute Gasteiger partial charge is 0.393 e. The average Bonchev–Trinajstić information content (AvgIpc) is 3.04. The zero-order valence-corrected chi connectivity index (χ0v) is 17.0. The standard InChI is InChI=1S/C22H30N2O4/c1-21(2,3)19-12-15(25)14-22(27-19)8-10-24(11-9-22)20(26)13-17-16-6-4-5-7-18(16)28-23-17/h4-7,15,19,25H,8-14H2,1-3H3/t15-,19-/m1/s1. The summed E-state index contributed by atoms with van der Waals surface area (Å²) in [5.74, 6) is 0.0673. The van der Waals surface area contributed by atoms with E-state index in [1.165, 1.54) is 0 Å². The number of hydrogen-bond acceptors (Lipinski definition) is 5. The quantitative estimate of drug-likeness (QED) is 0.857. The lowest BCUT2D eigenvalue weighted by Gasteiger charge is -2.50. The number of rotatable bonds is 2. The predicted molar refractivity (Wildman–Crippen MR) is 106 cm³/mol. The lowest BCUT2D eigenvalue weighted by molar-refractivity contribution is -0.207. The average molecular weight is 386 g/mol. The van der Waals surface area contributed by atoms with Crippen LogP contribution in [0.5, 0.6) is 0 Å². The fourth-order valence-corrected chi connectivity index (χ4v) is 4.49. The molecule has 1 amide bonds. The number of ether oxygens (including phenoxy) is 1. The molecule has 2 fully saturated rings. The molecule has 4 rings (SSSR count). The Balaban J connectivity index is 1.40. The topological polar surface area (TPSA) is 75.8 Å². The summed E-state index contributed by atoms with van der Waals surface area (Å²) in [7, 11) is 0. The summed E-state index contributed by atoms with van der Waals surface area (Å²) in [4.78, 5) is 14.7. The van der Waals surface area contributed by atoms with Gasteiger partial charge in [0, 0.05) is 31.3 Å². The molecular weight excluding hydrogens is 356 g/mol. The first-order valence-electron chi connectivity index (χ1n) is 10.2. The van der Waals surface area contributed by atoms with E-state index in [1.807, 2.05) is 29.2 Å². The number of piperidine rings is 1. The number of aliphatic hydroxyl groups excluding tert-OH is 1. The number of nitrogens with zero attached hydrogens (tertiary/aromatic N) is 2. The Morgan fingerprint density at radius 1 is 1.29 bits per heavy atom. The van der Waals surface area contributed by atoms with Gasteiger partial charge in [0.25, 0.3) is 0 Å². The third kappa shape index (κ3) is 3.80. The van der Waals surface area contributed by atoms with Gasteiger partial charge in [0.1, 0.15) is 5.69 Å². The summed E-state index contributed by atoms with van der Waals surface area (Å²) in [6, 6.07) is 7.62. The van der Waals surface area contributed by atoms with Crippen molar-refractivity contribution in [3.05, 3.63) is 30.0 Å². The molecular formula is C22H30N2O4. The second-order valence-corrected chi connectivity index (χ2v) is 9.43. The van der Waals surface area contributed by atoms with Crippen LogP contribution in [0.2, 0.25) is 0 Å². The fourth-order valence-electron chi connectivity index (χ4n) is 4.49. The van der Waals surface area contributed by atoms with Crippen molar-refractivity contribution in [3.8, 4) is 0 Å². The van der Waals surface area contributed by atoms with Gasteiger partial charge in [0.2, 0.25) is 5.91 Å². The predicted octanol–water partition coefficient (Wildman–Crippen LogP) is 3.32. The summed E-state index contributed by atoms with van der Waals surface area (Å²) < 4.78 is 11.8. The molecule has 6 heteroatoms. The summed E-state index contributed by atoms with van der Waals surface area (Å²) >= 11 is 0. The second-order valence-electron chi connectivity index (χ2n) is 9.43. The minimum atomic E-state index is -0.332. The Morgan fingerprint density at radius 3 is 2.71 bits per heavy atom. The molecule has 1 aromatic heterocycles. The third-order valence-corrected chi connectivity index (χ3v) is 6.25. The van der Waals surface area contributed by atoms with E-state index in [2.05, 4.69) is 25.9 Å². The minimum absolute atomic E-state index is 0.00460. The molecule has 2 aliphatic rings. The van der Waals surface area contributed by atoms with Crippen LogP contribution in [0.25, 0.3) is 11.0 Å². The number of hydrogen-bond donors (Lipinski definition) is 1. The molecule has 2 saturated heterocycles. The zero-order chi connectivity index (χ0) is 19.9. The smallest absolute Gasteiger partial charge is 0.228 e. The second kappa shape index (κ2) is 7.16. The number of aromatic nitrogens is 1. The Bertz CT molecular complexity index is 846. The molecule has 0 unspecified atom stereocenters. The van der Waals surface area contributed by atoms with Crippen LogP contribution in [0.1, 0.15) is 52.1 Å². The molecule has 1 spiro atoms. The SMILES string of the molecule is CC(C)(C)[C@H]1C[C@@H](O)CC2(CCN(C(=O)Cc3noc4ccccc34)CC2)O1. The van der Waals surface area contributed by atoms with Gasteiger partial charge in [-0.3, -0.25) is 4.79 Å². The van der Waals surface area contributed by atoms with Crippen LogP contribution in [-0.2, 0) is 16.0 Å². The van der Waals surface area contributed by atoms with Crippen LogP contribution in [-0.4, -0.2) is 52.0 Å². The molecule has 2 aromatic rings.